The Morgan fingerprint density at radius 1 is 0.973 bits per heavy atom. The number of benzene rings is 4. The van der Waals surface area contributed by atoms with E-state index < -0.39 is 16.4 Å². The van der Waals surface area contributed by atoms with E-state index in [1.807, 2.05) is 0 Å². The molecule has 0 aliphatic carbocycles. The molecule has 0 saturated carbocycles. The number of hydrogen-bond donors (Lipinski definition) is 2. The minimum atomic E-state index is -1.93. The molecular formula is C28H22BrN3O5. The number of rotatable bonds is 9. The number of non-ortho nitro benzene ring substituents is 1. The first-order valence-corrected chi connectivity index (χ1v) is 12.0. The monoisotopic (exact) mass is 559 g/mol. The molecular weight excluding hydrogens is 538 g/mol. The molecule has 0 aliphatic heterocycles. The Balaban J connectivity index is 1.44. The SMILES string of the molecule is O=C(NN=Cc1ccc(OCc2cccc([N+](=O)[O-])c2)c(Br)c1)C(O)(c1ccccc1)c1ccccc1. The van der Waals surface area contributed by atoms with Gasteiger partial charge in [-0.3, -0.25) is 14.9 Å². The molecule has 0 saturated heterocycles. The molecule has 0 fully saturated rings. The molecule has 0 aliphatic rings. The van der Waals surface area contributed by atoms with Gasteiger partial charge in [0.05, 0.1) is 15.6 Å². The lowest BCUT2D eigenvalue weighted by Crippen LogP contribution is -2.43. The molecule has 0 bridgehead atoms. The first kappa shape index (κ1) is 25.7. The first-order chi connectivity index (χ1) is 17.9. The van der Waals surface area contributed by atoms with Gasteiger partial charge in [0, 0.05) is 12.1 Å². The molecule has 37 heavy (non-hydrogen) atoms. The first-order valence-electron chi connectivity index (χ1n) is 11.2. The number of amides is 1. The second-order valence-corrected chi connectivity index (χ2v) is 8.90. The second-order valence-electron chi connectivity index (χ2n) is 8.05. The molecule has 0 heterocycles. The maximum absolute atomic E-state index is 13.1. The van der Waals surface area contributed by atoms with Crippen molar-refractivity contribution in [2.45, 2.75) is 12.2 Å². The molecule has 4 rings (SSSR count). The summed E-state index contributed by atoms with van der Waals surface area (Å²) in [6, 6.07) is 28.8. The largest absolute Gasteiger partial charge is 0.488 e. The van der Waals surface area contributed by atoms with E-state index >= 15 is 0 Å². The molecule has 4 aromatic carbocycles. The van der Waals surface area contributed by atoms with E-state index in [1.165, 1.54) is 18.3 Å². The molecule has 4 aromatic rings. The quantitative estimate of drug-likeness (QED) is 0.163. The van der Waals surface area contributed by atoms with Crippen molar-refractivity contribution in [1.82, 2.24) is 5.43 Å². The van der Waals surface area contributed by atoms with Gasteiger partial charge in [-0.1, -0.05) is 72.8 Å². The summed E-state index contributed by atoms with van der Waals surface area (Å²) < 4.78 is 6.42. The van der Waals surface area contributed by atoms with Crippen LogP contribution in [0.1, 0.15) is 22.3 Å². The van der Waals surface area contributed by atoms with Crippen molar-refractivity contribution < 1.29 is 19.6 Å². The fourth-order valence-corrected chi connectivity index (χ4v) is 4.18. The Morgan fingerprint density at radius 3 is 2.22 bits per heavy atom. The molecule has 0 radical (unpaired) electrons. The van der Waals surface area contributed by atoms with Crippen molar-refractivity contribution in [3.05, 3.63) is 140 Å². The van der Waals surface area contributed by atoms with Crippen molar-refractivity contribution in [3.63, 3.8) is 0 Å². The van der Waals surface area contributed by atoms with Gasteiger partial charge in [-0.2, -0.15) is 5.10 Å². The van der Waals surface area contributed by atoms with Crippen LogP contribution in [0.4, 0.5) is 5.69 Å². The van der Waals surface area contributed by atoms with Crippen LogP contribution in [-0.4, -0.2) is 22.2 Å². The third-order valence-electron chi connectivity index (χ3n) is 5.56. The lowest BCUT2D eigenvalue weighted by Gasteiger charge is -2.27. The smallest absolute Gasteiger partial charge is 0.281 e. The number of hydrazone groups is 1. The molecule has 8 nitrogen and oxygen atoms in total. The van der Waals surface area contributed by atoms with Gasteiger partial charge < -0.3 is 9.84 Å². The van der Waals surface area contributed by atoms with Crippen LogP contribution >= 0.6 is 15.9 Å². The van der Waals surface area contributed by atoms with Crippen LogP contribution in [0.2, 0.25) is 0 Å². The zero-order chi connectivity index (χ0) is 26.3. The highest BCUT2D eigenvalue weighted by Gasteiger charge is 2.39. The number of carbonyl (C=O) groups excluding carboxylic acids is 1. The number of nitro groups is 1. The Labute approximate surface area is 221 Å². The van der Waals surface area contributed by atoms with Crippen molar-refractivity contribution >= 4 is 33.7 Å². The van der Waals surface area contributed by atoms with Crippen LogP contribution in [0.5, 0.6) is 5.75 Å². The van der Waals surface area contributed by atoms with Gasteiger partial charge in [0.15, 0.2) is 5.60 Å². The summed E-state index contributed by atoms with van der Waals surface area (Å²) in [5.41, 5.74) is 2.68. The molecule has 9 heteroatoms. The molecule has 0 atom stereocenters. The highest BCUT2D eigenvalue weighted by Crippen LogP contribution is 2.30. The number of ether oxygens (including phenoxy) is 1. The summed E-state index contributed by atoms with van der Waals surface area (Å²) in [5.74, 6) is -0.160. The van der Waals surface area contributed by atoms with E-state index in [2.05, 4.69) is 26.5 Å². The van der Waals surface area contributed by atoms with E-state index in [0.717, 1.165) is 0 Å². The predicted molar refractivity (Wildman–Crippen MR) is 143 cm³/mol. The third-order valence-corrected chi connectivity index (χ3v) is 6.18. The van der Waals surface area contributed by atoms with Crippen molar-refractivity contribution in [1.29, 1.82) is 0 Å². The maximum Gasteiger partial charge on any atom is 0.281 e. The highest BCUT2D eigenvalue weighted by molar-refractivity contribution is 9.10. The van der Waals surface area contributed by atoms with Crippen molar-refractivity contribution in [2.24, 2.45) is 5.10 Å². The van der Waals surface area contributed by atoms with E-state index in [9.17, 15) is 20.0 Å². The van der Waals surface area contributed by atoms with Crippen molar-refractivity contribution in [2.75, 3.05) is 0 Å². The van der Waals surface area contributed by atoms with Gasteiger partial charge in [-0.05, 0) is 56.4 Å². The van der Waals surface area contributed by atoms with Gasteiger partial charge in [-0.25, -0.2) is 5.43 Å². The second kappa shape index (κ2) is 11.6. The number of nitro benzene ring substituents is 1. The van der Waals surface area contributed by atoms with Crippen LogP contribution in [0.3, 0.4) is 0 Å². The summed E-state index contributed by atoms with van der Waals surface area (Å²) in [6.45, 7) is 0.154. The number of aliphatic hydroxyl groups is 1. The predicted octanol–water partition coefficient (Wildman–Crippen LogP) is 5.32. The minimum Gasteiger partial charge on any atom is -0.488 e. The van der Waals surface area contributed by atoms with Gasteiger partial charge in [-0.15, -0.1) is 0 Å². The lowest BCUT2D eigenvalue weighted by atomic mass is 9.85. The number of nitrogens with one attached hydrogen (secondary N) is 1. The maximum atomic E-state index is 13.1. The standard InChI is InChI=1S/C28H22BrN3O5/c29-25-17-20(14-15-26(25)37-19-21-8-7-13-24(16-21)32(35)36)18-30-31-27(33)28(34,22-9-3-1-4-10-22)23-11-5-2-6-12-23/h1-18,34H,19H2,(H,31,33). The Morgan fingerprint density at radius 2 is 1.62 bits per heavy atom. The van der Waals surface area contributed by atoms with E-state index in [1.54, 1.807) is 91.0 Å². The molecule has 186 valence electrons. The van der Waals surface area contributed by atoms with Gasteiger partial charge in [0.25, 0.3) is 11.6 Å². The topological polar surface area (TPSA) is 114 Å². The van der Waals surface area contributed by atoms with Crippen LogP contribution in [0.25, 0.3) is 0 Å². The number of nitrogens with zero attached hydrogens (tertiary/aromatic N) is 2. The summed E-state index contributed by atoms with van der Waals surface area (Å²) in [6.07, 6.45) is 1.45. The number of hydrogen-bond acceptors (Lipinski definition) is 6. The highest BCUT2D eigenvalue weighted by atomic mass is 79.9. The summed E-state index contributed by atoms with van der Waals surface area (Å²) in [7, 11) is 0. The molecule has 0 aromatic heterocycles. The summed E-state index contributed by atoms with van der Waals surface area (Å²) in [4.78, 5) is 23.6. The van der Waals surface area contributed by atoms with E-state index in [4.69, 9.17) is 4.74 Å². The molecule has 0 spiro atoms. The number of carbonyl (C=O) groups is 1. The zero-order valence-corrected chi connectivity index (χ0v) is 21.0. The normalized spacial score (nSPS) is 11.3. The zero-order valence-electron chi connectivity index (χ0n) is 19.5. The van der Waals surface area contributed by atoms with Crippen LogP contribution < -0.4 is 10.2 Å². The Hall–Kier alpha value is -4.34. The lowest BCUT2D eigenvalue weighted by molar-refractivity contribution is -0.384. The van der Waals surface area contributed by atoms with Gasteiger partial charge >= 0.3 is 0 Å². The summed E-state index contributed by atoms with van der Waals surface area (Å²) >= 11 is 3.45. The average Bonchev–Trinajstić information content (AvgIpc) is 2.93. The van der Waals surface area contributed by atoms with Crippen LogP contribution in [0, 0.1) is 10.1 Å². The average molecular weight is 560 g/mol. The van der Waals surface area contributed by atoms with Crippen LogP contribution in [0.15, 0.2) is 113 Å². The number of halogens is 1. The van der Waals surface area contributed by atoms with Gasteiger partial charge in [0.2, 0.25) is 0 Å². The Bertz CT molecular complexity index is 1390. The van der Waals surface area contributed by atoms with Crippen LogP contribution in [-0.2, 0) is 17.0 Å². The fraction of sp³-hybridized carbons (Fsp3) is 0.0714. The fourth-order valence-electron chi connectivity index (χ4n) is 3.67. The van der Waals surface area contributed by atoms with Crippen molar-refractivity contribution in [3.8, 4) is 5.75 Å². The van der Waals surface area contributed by atoms with E-state index in [-0.39, 0.29) is 12.3 Å². The minimum absolute atomic E-state index is 0.000184. The van der Waals surface area contributed by atoms with Gasteiger partial charge in [0.1, 0.15) is 12.4 Å². The molecule has 0 unspecified atom stereocenters. The summed E-state index contributed by atoms with van der Waals surface area (Å²) in [5, 5.41) is 26.4. The molecule has 1 amide bonds. The third kappa shape index (κ3) is 6.08. The Kier molecular flexibility index (Phi) is 8.07. The van der Waals surface area contributed by atoms with E-state index in [0.29, 0.717) is 32.5 Å². The molecule has 2 N–H and O–H groups in total.